The van der Waals surface area contributed by atoms with Crippen LogP contribution in [-0.4, -0.2) is 9.49 Å². The molecule has 0 amide bonds. The van der Waals surface area contributed by atoms with E-state index in [2.05, 4.69) is 105 Å². The lowest BCUT2D eigenvalue weighted by atomic mass is 9.87. The largest absolute Gasteiger partial charge is 0.120 e. The zero-order valence-electron chi connectivity index (χ0n) is 18.3. The van der Waals surface area contributed by atoms with Gasteiger partial charge in [-0.05, 0) is 53.4 Å². The Morgan fingerprint density at radius 1 is 0.519 bits per heavy atom. The van der Waals surface area contributed by atoms with Gasteiger partial charge < -0.3 is 0 Å². The number of hydrogen-bond donors (Lipinski definition) is 0. The van der Waals surface area contributed by atoms with Gasteiger partial charge in [-0.1, -0.05) is 74.1 Å². The molecule has 0 aliphatic rings. The molecule has 0 N–H and O–H groups in total. The maximum absolute atomic E-state index is 2.36. The molecule has 0 unspecified atom stereocenters. The topological polar surface area (TPSA) is 0 Å². The highest BCUT2D eigenvalue weighted by atomic mass is 32.2. The molecular formula is C24H34S3. The summed E-state index contributed by atoms with van der Waals surface area (Å²) in [7, 11) is 0. The van der Waals surface area contributed by atoms with Gasteiger partial charge in [0.2, 0.25) is 0 Å². The molecular weight excluding hydrogens is 384 g/mol. The zero-order chi connectivity index (χ0) is 20.5. The third-order valence-electron chi connectivity index (χ3n) is 3.65. The van der Waals surface area contributed by atoms with Crippen molar-refractivity contribution in [1.29, 1.82) is 0 Å². The van der Waals surface area contributed by atoms with Crippen molar-refractivity contribution in [2.24, 2.45) is 0 Å². The van der Waals surface area contributed by atoms with E-state index in [9.17, 15) is 0 Å². The van der Waals surface area contributed by atoms with Crippen molar-refractivity contribution in [3.8, 4) is 0 Å². The van der Waals surface area contributed by atoms with Crippen LogP contribution in [0.2, 0.25) is 0 Å². The summed E-state index contributed by atoms with van der Waals surface area (Å²) in [4.78, 5) is 5.31. The van der Waals surface area contributed by atoms with E-state index in [1.807, 2.05) is 35.3 Å². The minimum Gasteiger partial charge on any atom is -0.120 e. The fourth-order valence-electron chi connectivity index (χ4n) is 2.54. The first kappa shape index (κ1) is 22.8. The Balaban J connectivity index is 2.28. The van der Waals surface area contributed by atoms with Gasteiger partial charge in [0, 0.05) is 29.1 Å². The summed E-state index contributed by atoms with van der Waals surface area (Å²) in [6, 6.07) is 16.1. The van der Waals surface area contributed by atoms with Crippen LogP contribution in [-0.2, 0) is 5.41 Å². The van der Waals surface area contributed by atoms with E-state index in [-0.39, 0.29) is 14.9 Å². The van der Waals surface area contributed by atoms with Crippen molar-refractivity contribution in [2.75, 3.05) is 0 Å². The molecule has 0 radical (unpaired) electrons. The van der Waals surface area contributed by atoms with E-state index in [0.717, 1.165) is 0 Å². The van der Waals surface area contributed by atoms with Gasteiger partial charge >= 0.3 is 0 Å². The summed E-state index contributed by atoms with van der Waals surface area (Å²) in [6.45, 7) is 20.5. The summed E-state index contributed by atoms with van der Waals surface area (Å²) in [5.74, 6) is 0. The minimum absolute atomic E-state index is 0.150. The summed E-state index contributed by atoms with van der Waals surface area (Å²) in [6.07, 6.45) is 0. The van der Waals surface area contributed by atoms with Gasteiger partial charge in [0.25, 0.3) is 0 Å². The standard InChI is InChI=1S/C24H34S3/c1-22(2,3)17-14-20(16-21(15-17)27-24(7,8)9)25-18-10-12-19(13-11-18)26-23(4,5)6/h10-16H,1-9H3. The fraction of sp³-hybridized carbons (Fsp3) is 0.500. The summed E-state index contributed by atoms with van der Waals surface area (Å²) in [5.41, 5.74) is 1.55. The van der Waals surface area contributed by atoms with E-state index in [0.29, 0.717) is 0 Å². The number of benzene rings is 2. The Hall–Kier alpha value is -0.510. The second-order valence-corrected chi connectivity index (χ2v) is 14.9. The second-order valence-electron chi connectivity index (χ2n) is 9.95. The minimum atomic E-state index is 0.150. The van der Waals surface area contributed by atoms with Gasteiger partial charge in [-0.3, -0.25) is 0 Å². The highest BCUT2D eigenvalue weighted by Crippen LogP contribution is 2.40. The molecule has 3 heteroatoms. The van der Waals surface area contributed by atoms with Crippen LogP contribution >= 0.6 is 35.3 Å². The van der Waals surface area contributed by atoms with E-state index in [4.69, 9.17) is 0 Å². The van der Waals surface area contributed by atoms with Crippen molar-refractivity contribution in [3.63, 3.8) is 0 Å². The van der Waals surface area contributed by atoms with Crippen molar-refractivity contribution < 1.29 is 0 Å². The molecule has 0 saturated carbocycles. The molecule has 2 aromatic carbocycles. The average Bonchev–Trinajstić information content (AvgIpc) is 2.45. The fourth-order valence-corrected chi connectivity index (χ4v) is 5.59. The number of thioether (sulfide) groups is 2. The smallest absolute Gasteiger partial charge is 0.0136 e. The molecule has 0 fully saturated rings. The van der Waals surface area contributed by atoms with Gasteiger partial charge in [-0.15, -0.1) is 23.5 Å². The highest BCUT2D eigenvalue weighted by molar-refractivity contribution is 8.01. The Morgan fingerprint density at radius 3 is 1.44 bits per heavy atom. The molecule has 0 heterocycles. The molecule has 2 aromatic rings. The predicted octanol–water partition coefficient (Wildman–Crippen LogP) is 8.92. The Kier molecular flexibility index (Phi) is 7.14. The highest BCUT2D eigenvalue weighted by Gasteiger charge is 2.19. The SMILES string of the molecule is CC(C)(C)Sc1ccc(Sc2cc(SC(C)(C)C)cc(C(C)(C)C)c2)cc1. The van der Waals surface area contributed by atoms with E-state index in [1.165, 1.54) is 25.1 Å². The third kappa shape index (κ3) is 8.17. The molecule has 27 heavy (non-hydrogen) atoms. The summed E-state index contributed by atoms with van der Waals surface area (Å²) in [5, 5.41) is 0. The number of rotatable bonds is 4. The number of hydrogen-bond acceptors (Lipinski definition) is 3. The van der Waals surface area contributed by atoms with Crippen LogP contribution < -0.4 is 0 Å². The molecule has 0 aromatic heterocycles. The van der Waals surface area contributed by atoms with E-state index in [1.54, 1.807) is 0 Å². The van der Waals surface area contributed by atoms with Crippen molar-refractivity contribution in [3.05, 3.63) is 48.0 Å². The lowest BCUT2D eigenvalue weighted by molar-refractivity contribution is 0.587. The third-order valence-corrected chi connectivity index (χ3v) is 6.84. The lowest BCUT2D eigenvalue weighted by Gasteiger charge is -2.24. The molecule has 148 valence electrons. The van der Waals surface area contributed by atoms with Gasteiger partial charge in [0.15, 0.2) is 0 Å². The van der Waals surface area contributed by atoms with Crippen molar-refractivity contribution in [1.82, 2.24) is 0 Å². The van der Waals surface area contributed by atoms with Crippen LogP contribution in [0.4, 0.5) is 0 Å². The van der Waals surface area contributed by atoms with Crippen molar-refractivity contribution in [2.45, 2.75) is 96.8 Å². The molecule has 0 saturated heterocycles. The molecule has 0 bridgehead atoms. The van der Waals surface area contributed by atoms with Gasteiger partial charge in [-0.2, -0.15) is 0 Å². The first-order chi connectivity index (χ1) is 12.2. The van der Waals surface area contributed by atoms with Crippen LogP contribution in [0.15, 0.2) is 62.0 Å². The van der Waals surface area contributed by atoms with Gasteiger partial charge in [0.05, 0.1) is 0 Å². The second kappa shape index (κ2) is 8.47. The van der Waals surface area contributed by atoms with E-state index >= 15 is 0 Å². The molecule has 0 spiro atoms. The Morgan fingerprint density at radius 2 is 0.963 bits per heavy atom. The summed E-state index contributed by atoms with van der Waals surface area (Å²) < 4.78 is 0.457. The lowest BCUT2D eigenvalue weighted by Crippen LogP contribution is -2.12. The maximum Gasteiger partial charge on any atom is 0.0136 e. The zero-order valence-corrected chi connectivity index (χ0v) is 20.7. The van der Waals surface area contributed by atoms with E-state index < -0.39 is 0 Å². The Labute approximate surface area is 179 Å². The Bertz CT molecular complexity index is 754. The first-order valence-electron chi connectivity index (χ1n) is 9.53. The molecule has 0 aliphatic carbocycles. The van der Waals surface area contributed by atoms with Crippen LogP contribution in [0.3, 0.4) is 0 Å². The van der Waals surface area contributed by atoms with Gasteiger partial charge in [0.1, 0.15) is 0 Å². The van der Waals surface area contributed by atoms with Crippen LogP contribution in [0.1, 0.15) is 67.9 Å². The molecule has 0 nitrogen and oxygen atoms in total. The van der Waals surface area contributed by atoms with Crippen molar-refractivity contribution >= 4 is 35.3 Å². The molecule has 0 aliphatic heterocycles. The molecule has 0 atom stereocenters. The summed E-state index contributed by atoms with van der Waals surface area (Å²) >= 11 is 5.73. The van der Waals surface area contributed by atoms with Crippen LogP contribution in [0, 0.1) is 0 Å². The first-order valence-corrected chi connectivity index (χ1v) is 12.0. The average molecular weight is 419 g/mol. The quantitative estimate of drug-likeness (QED) is 0.455. The van der Waals surface area contributed by atoms with Gasteiger partial charge in [-0.25, -0.2) is 0 Å². The predicted molar refractivity (Wildman–Crippen MR) is 127 cm³/mol. The molecule has 2 rings (SSSR count). The normalized spacial score (nSPS) is 13.1. The van der Waals surface area contributed by atoms with Crippen LogP contribution in [0.25, 0.3) is 0 Å². The maximum atomic E-state index is 2.36. The van der Waals surface area contributed by atoms with Crippen LogP contribution in [0.5, 0.6) is 0 Å². The monoisotopic (exact) mass is 418 g/mol.